The Morgan fingerprint density at radius 2 is 1.74 bits per heavy atom. The number of ether oxygens (including phenoxy) is 3. The van der Waals surface area contributed by atoms with Crippen LogP contribution in [0.25, 0.3) is 11.0 Å². The van der Waals surface area contributed by atoms with Gasteiger partial charge in [-0.05, 0) is 31.2 Å². The Hall–Kier alpha value is -4.74. The second kappa shape index (κ2) is 10.5. The van der Waals surface area contributed by atoms with Crippen LogP contribution >= 0.6 is 0 Å². The lowest BCUT2D eigenvalue weighted by Gasteiger charge is -2.19. The van der Waals surface area contributed by atoms with Crippen LogP contribution in [0.3, 0.4) is 0 Å². The van der Waals surface area contributed by atoms with Gasteiger partial charge in [0.15, 0.2) is 17.2 Å². The summed E-state index contributed by atoms with van der Waals surface area (Å²) in [4.78, 5) is 49.7. The van der Waals surface area contributed by atoms with E-state index in [-0.39, 0.29) is 23.1 Å². The van der Waals surface area contributed by atoms with Crippen molar-refractivity contribution >= 4 is 28.8 Å². The molecule has 3 rings (SSSR count). The van der Waals surface area contributed by atoms with Crippen molar-refractivity contribution in [2.75, 3.05) is 20.3 Å². The highest BCUT2D eigenvalue weighted by Crippen LogP contribution is 2.36. The second-order valence-electron chi connectivity index (χ2n) is 7.05. The fourth-order valence-electron chi connectivity index (χ4n) is 3.13. The number of benzene rings is 2. The third-order valence-corrected chi connectivity index (χ3v) is 4.75. The molecule has 0 fully saturated rings. The Bertz CT molecular complexity index is 1320. The topological polar surface area (TPSA) is 182 Å². The molecule has 184 valence electrons. The molecule has 0 aliphatic rings. The smallest absolute Gasteiger partial charge is 0.339 e. The van der Waals surface area contributed by atoms with Gasteiger partial charge in [0.05, 0.1) is 19.3 Å². The van der Waals surface area contributed by atoms with E-state index in [2.05, 4.69) is 5.32 Å². The molecule has 12 heteroatoms. The standard InChI is InChI=1S/C23H21NO11/c1-3-33-19(28)10-24-22(30)21(35-23(31)11-6-15(25)20(29)16(26)7-11)14-9-18(27)34-17-8-12(32-2)4-5-13(14)17/h4-9,21,25-26,29H,3,10H2,1-2H3,(H,24,30). The number of esters is 2. The van der Waals surface area contributed by atoms with Gasteiger partial charge in [0, 0.05) is 23.1 Å². The maximum atomic E-state index is 13.0. The van der Waals surface area contributed by atoms with Crippen LogP contribution in [0.1, 0.15) is 28.9 Å². The van der Waals surface area contributed by atoms with Gasteiger partial charge in [-0.1, -0.05) is 0 Å². The molecule has 1 aromatic heterocycles. The molecule has 3 aromatic rings. The van der Waals surface area contributed by atoms with E-state index in [4.69, 9.17) is 18.6 Å². The van der Waals surface area contributed by atoms with Gasteiger partial charge >= 0.3 is 17.6 Å². The minimum Gasteiger partial charge on any atom is -0.504 e. The van der Waals surface area contributed by atoms with Crippen LogP contribution in [0.4, 0.5) is 0 Å². The zero-order valence-corrected chi connectivity index (χ0v) is 18.6. The lowest BCUT2D eigenvalue weighted by molar-refractivity contribution is -0.144. The molecule has 0 saturated heterocycles. The number of hydrogen-bond acceptors (Lipinski definition) is 11. The van der Waals surface area contributed by atoms with Gasteiger partial charge in [-0.2, -0.15) is 0 Å². The second-order valence-corrected chi connectivity index (χ2v) is 7.05. The number of phenolic OH excluding ortho intramolecular Hbond substituents is 3. The van der Waals surface area contributed by atoms with Crippen molar-refractivity contribution in [3.8, 4) is 23.0 Å². The zero-order chi connectivity index (χ0) is 25.7. The van der Waals surface area contributed by atoms with E-state index in [1.54, 1.807) is 6.92 Å². The van der Waals surface area contributed by atoms with E-state index in [0.29, 0.717) is 5.75 Å². The molecule has 2 aromatic carbocycles. The van der Waals surface area contributed by atoms with Gasteiger partial charge in [-0.3, -0.25) is 9.59 Å². The van der Waals surface area contributed by atoms with Crippen molar-refractivity contribution < 1.29 is 48.3 Å². The number of carbonyl (C=O) groups excluding carboxylic acids is 3. The van der Waals surface area contributed by atoms with E-state index in [9.17, 15) is 34.5 Å². The molecule has 0 bridgehead atoms. The molecule has 35 heavy (non-hydrogen) atoms. The molecular formula is C23H21NO11. The van der Waals surface area contributed by atoms with E-state index >= 15 is 0 Å². The van der Waals surface area contributed by atoms with Crippen LogP contribution in [0, 0.1) is 0 Å². The number of hydrogen-bond donors (Lipinski definition) is 4. The molecule has 1 amide bonds. The summed E-state index contributed by atoms with van der Waals surface area (Å²) < 4.78 is 20.4. The van der Waals surface area contributed by atoms with E-state index in [1.807, 2.05) is 0 Å². The van der Waals surface area contributed by atoms with Crippen molar-refractivity contribution in [2.45, 2.75) is 13.0 Å². The lowest BCUT2D eigenvalue weighted by atomic mass is 10.0. The molecule has 0 saturated carbocycles. The summed E-state index contributed by atoms with van der Waals surface area (Å²) in [7, 11) is 1.40. The average molecular weight is 487 g/mol. The Balaban J connectivity index is 2.05. The first-order chi connectivity index (χ1) is 16.6. The predicted octanol–water partition coefficient (Wildman–Crippen LogP) is 1.50. The molecule has 0 radical (unpaired) electrons. The molecule has 4 N–H and O–H groups in total. The first-order valence-corrected chi connectivity index (χ1v) is 10.2. The van der Waals surface area contributed by atoms with Crippen LogP contribution in [0.2, 0.25) is 0 Å². The van der Waals surface area contributed by atoms with Crippen molar-refractivity contribution in [2.24, 2.45) is 0 Å². The minimum atomic E-state index is -1.77. The normalized spacial score (nSPS) is 11.5. The maximum Gasteiger partial charge on any atom is 0.339 e. The van der Waals surface area contributed by atoms with Crippen molar-refractivity contribution in [3.63, 3.8) is 0 Å². The molecule has 1 heterocycles. The Morgan fingerprint density at radius 3 is 2.37 bits per heavy atom. The lowest BCUT2D eigenvalue weighted by Crippen LogP contribution is -2.36. The van der Waals surface area contributed by atoms with E-state index in [1.165, 1.54) is 25.3 Å². The number of nitrogens with one attached hydrogen (secondary N) is 1. The zero-order valence-electron chi connectivity index (χ0n) is 18.6. The van der Waals surface area contributed by atoms with Gasteiger partial charge < -0.3 is 39.3 Å². The molecular weight excluding hydrogens is 466 g/mol. The van der Waals surface area contributed by atoms with Crippen molar-refractivity contribution in [3.05, 3.63) is 57.9 Å². The first-order valence-electron chi connectivity index (χ1n) is 10.2. The van der Waals surface area contributed by atoms with E-state index < -0.39 is 58.9 Å². The SMILES string of the molecule is CCOC(=O)CNC(=O)C(OC(=O)c1cc(O)c(O)c(O)c1)c1cc(=O)oc2cc(OC)ccc12. The highest BCUT2D eigenvalue weighted by molar-refractivity contribution is 5.96. The van der Waals surface area contributed by atoms with Gasteiger partial charge in [0.2, 0.25) is 6.10 Å². The summed E-state index contributed by atoms with van der Waals surface area (Å²) in [5.74, 6) is -5.03. The van der Waals surface area contributed by atoms with Crippen molar-refractivity contribution in [1.82, 2.24) is 5.32 Å². The van der Waals surface area contributed by atoms with E-state index in [0.717, 1.165) is 18.2 Å². The summed E-state index contributed by atoms with van der Waals surface area (Å²) in [6.45, 7) is 1.11. The number of rotatable bonds is 8. The molecule has 0 spiro atoms. The molecule has 0 aliphatic heterocycles. The highest BCUT2D eigenvalue weighted by Gasteiger charge is 2.30. The number of amides is 1. The Kier molecular flexibility index (Phi) is 7.44. The van der Waals surface area contributed by atoms with Gasteiger partial charge in [0.1, 0.15) is 17.9 Å². The van der Waals surface area contributed by atoms with Gasteiger partial charge in [-0.15, -0.1) is 0 Å². The predicted molar refractivity (Wildman–Crippen MR) is 118 cm³/mol. The molecule has 12 nitrogen and oxygen atoms in total. The Labute approximate surface area is 197 Å². The molecule has 1 atom stereocenters. The number of fused-ring (bicyclic) bond motifs is 1. The average Bonchev–Trinajstić information content (AvgIpc) is 2.83. The van der Waals surface area contributed by atoms with Crippen LogP contribution in [-0.2, 0) is 19.1 Å². The van der Waals surface area contributed by atoms with Crippen LogP contribution in [-0.4, -0.2) is 53.4 Å². The van der Waals surface area contributed by atoms with Crippen LogP contribution in [0.15, 0.2) is 45.6 Å². The number of phenols is 3. The third kappa shape index (κ3) is 5.61. The maximum absolute atomic E-state index is 13.0. The Morgan fingerprint density at radius 1 is 1.06 bits per heavy atom. The number of carbonyl (C=O) groups is 3. The van der Waals surface area contributed by atoms with Crippen LogP contribution < -0.4 is 15.7 Å². The van der Waals surface area contributed by atoms with Crippen LogP contribution in [0.5, 0.6) is 23.0 Å². The fraction of sp³-hybridized carbons (Fsp3) is 0.217. The third-order valence-electron chi connectivity index (χ3n) is 4.75. The quantitative estimate of drug-likeness (QED) is 0.205. The van der Waals surface area contributed by atoms with Gasteiger partial charge in [0.25, 0.3) is 5.91 Å². The monoisotopic (exact) mass is 487 g/mol. The molecule has 1 unspecified atom stereocenters. The van der Waals surface area contributed by atoms with Crippen molar-refractivity contribution in [1.29, 1.82) is 0 Å². The summed E-state index contributed by atoms with van der Waals surface area (Å²) in [5.41, 5.74) is -1.30. The number of methoxy groups -OCH3 is 1. The largest absolute Gasteiger partial charge is 0.504 e. The number of aromatic hydroxyl groups is 3. The minimum absolute atomic E-state index is 0.0333. The van der Waals surface area contributed by atoms with Gasteiger partial charge in [-0.25, -0.2) is 9.59 Å². The molecule has 0 aliphatic carbocycles. The summed E-state index contributed by atoms with van der Waals surface area (Å²) in [6, 6.07) is 6.97. The summed E-state index contributed by atoms with van der Waals surface area (Å²) in [5, 5.41) is 31.4. The summed E-state index contributed by atoms with van der Waals surface area (Å²) >= 11 is 0. The first kappa shape index (κ1) is 24.9. The summed E-state index contributed by atoms with van der Waals surface area (Å²) in [6.07, 6.45) is -1.77. The fourth-order valence-corrected chi connectivity index (χ4v) is 3.13. The highest BCUT2D eigenvalue weighted by atomic mass is 16.6.